The molecule has 8 nitrogen and oxygen atoms in total. The van der Waals surface area contributed by atoms with Crippen LogP contribution in [0.4, 0.5) is 10.2 Å². The lowest BCUT2D eigenvalue weighted by atomic mass is 9.79. The molecule has 2 aromatic carbocycles. The molecule has 0 spiro atoms. The van der Waals surface area contributed by atoms with Crippen LogP contribution in [0.3, 0.4) is 0 Å². The summed E-state index contributed by atoms with van der Waals surface area (Å²) >= 11 is 0. The molecule has 1 fully saturated rings. The zero-order valence-corrected chi connectivity index (χ0v) is 16.6. The molecule has 4 aromatic rings. The van der Waals surface area contributed by atoms with Crippen molar-refractivity contribution in [2.45, 2.75) is 31.8 Å². The van der Waals surface area contributed by atoms with Gasteiger partial charge < -0.3 is 10.5 Å². The zero-order chi connectivity index (χ0) is 21.2. The van der Waals surface area contributed by atoms with Gasteiger partial charge in [-0.2, -0.15) is 5.21 Å². The summed E-state index contributed by atoms with van der Waals surface area (Å²) in [5.41, 5.74) is 9.02. The van der Waals surface area contributed by atoms with Crippen molar-refractivity contribution >= 4 is 5.82 Å². The second-order valence-electron chi connectivity index (χ2n) is 7.52. The van der Waals surface area contributed by atoms with Gasteiger partial charge in [-0.25, -0.2) is 9.37 Å². The Morgan fingerprint density at radius 2 is 1.90 bits per heavy atom. The molecule has 3 N–H and O–H groups in total. The molecule has 9 heteroatoms. The van der Waals surface area contributed by atoms with Gasteiger partial charge in [-0.15, -0.1) is 10.2 Å². The smallest absolute Gasteiger partial charge is 0.204 e. The van der Waals surface area contributed by atoms with E-state index in [0.717, 1.165) is 36.0 Å². The average Bonchev–Trinajstić information content (AvgIpc) is 3.28. The van der Waals surface area contributed by atoms with Crippen LogP contribution in [-0.4, -0.2) is 30.6 Å². The number of nitrogens with zero attached hydrogens (tertiary/aromatic N) is 5. The Hall–Kier alpha value is -3.88. The maximum atomic E-state index is 15.5. The molecule has 0 amide bonds. The van der Waals surface area contributed by atoms with E-state index in [1.807, 2.05) is 30.3 Å². The summed E-state index contributed by atoms with van der Waals surface area (Å²) in [6, 6.07) is 11.3. The third-order valence-corrected chi connectivity index (χ3v) is 5.56. The topological polar surface area (TPSA) is 115 Å². The number of tetrazole rings is 1. The summed E-state index contributed by atoms with van der Waals surface area (Å²) < 4.78 is 21.6. The van der Waals surface area contributed by atoms with Gasteiger partial charge in [0.05, 0.1) is 18.1 Å². The summed E-state index contributed by atoms with van der Waals surface area (Å²) in [5, 5.41) is 13.9. The fraction of sp³-hybridized carbons (Fsp3) is 0.227. The molecule has 2 aromatic heterocycles. The van der Waals surface area contributed by atoms with Crippen LogP contribution in [0.1, 0.15) is 36.3 Å². The first-order valence-electron chi connectivity index (χ1n) is 10.0. The van der Waals surface area contributed by atoms with E-state index in [0.29, 0.717) is 23.0 Å². The maximum absolute atomic E-state index is 15.5. The van der Waals surface area contributed by atoms with E-state index in [4.69, 9.17) is 10.5 Å². The molecule has 0 bridgehead atoms. The highest BCUT2D eigenvalue weighted by Crippen LogP contribution is 2.44. The monoisotopic (exact) mass is 417 g/mol. The summed E-state index contributed by atoms with van der Waals surface area (Å²) in [7, 11) is 0. The van der Waals surface area contributed by atoms with Crippen LogP contribution in [-0.2, 0) is 6.61 Å². The van der Waals surface area contributed by atoms with Crippen LogP contribution in [0.15, 0.2) is 48.8 Å². The summed E-state index contributed by atoms with van der Waals surface area (Å²) in [5.74, 6) is 0.978. The largest absolute Gasteiger partial charge is 0.486 e. The quantitative estimate of drug-likeness (QED) is 0.489. The van der Waals surface area contributed by atoms with Crippen molar-refractivity contribution in [1.29, 1.82) is 0 Å². The predicted octanol–water partition coefficient (Wildman–Crippen LogP) is 3.89. The van der Waals surface area contributed by atoms with Crippen molar-refractivity contribution in [2.24, 2.45) is 0 Å². The molecule has 0 aliphatic heterocycles. The summed E-state index contributed by atoms with van der Waals surface area (Å²) in [6.07, 6.45) is 6.11. The molecule has 156 valence electrons. The molecule has 1 aliphatic carbocycles. The minimum absolute atomic E-state index is 0.236. The lowest BCUT2D eigenvalue weighted by Gasteiger charge is -2.28. The number of rotatable bonds is 6. The fourth-order valence-corrected chi connectivity index (χ4v) is 3.62. The molecular weight excluding hydrogens is 397 g/mol. The number of nitrogens with one attached hydrogen (secondary N) is 1. The van der Waals surface area contributed by atoms with E-state index in [1.165, 1.54) is 12.4 Å². The van der Waals surface area contributed by atoms with Gasteiger partial charge in [0, 0.05) is 16.7 Å². The van der Waals surface area contributed by atoms with Crippen LogP contribution in [0.25, 0.3) is 22.6 Å². The zero-order valence-electron chi connectivity index (χ0n) is 16.6. The van der Waals surface area contributed by atoms with E-state index in [2.05, 4.69) is 30.6 Å². The van der Waals surface area contributed by atoms with Crippen molar-refractivity contribution in [2.75, 3.05) is 5.73 Å². The van der Waals surface area contributed by atoms with Crippen molar-refractivity contribution in [3.8, 4) is 28.4 Å². The van der Waals surface area contributed by atoms with Gasteiger partial charge in [-0.05, 0) is 35.6 Å². The maximum Gasteiger partial charge on any atom is 0.204 e. The van der Waals surface area contributed by atoms with Crippen molar-refractivity contribution < 1.29 is 9.13 Å². The number of nitrogen functional groups attached to an aromatic ring is 1. The number of anilines is 1. The number of aromatic amines is 1. The van der Waals surface area contributed by atoms with Crippen molar-refractivity contribution in [3.05, 3.63) is 65.7 Å². The highest BCUT2D eigenvalue weighted by atomic mass is 19.1. The molecule has 5 rings (SSSR count). The van der Waals surface area contributed by atoms with Crippen LogP contribution < -0.4 is 10.5 Å². The minimum atomic E-state index is -0.424. The SMILES string of the molecule is Nc1cnc(-c2ccc(C3CCC3)c(OCc3ccc(-c4nn[nH]n4)cc3)c2F)cn1. The third kappa shape index (κ3) is 3.81. The highest BCUT2D eigenvalue weighted by molar-refractivity contribution is 5.64. The number of benzene rings is 2. The molecule has 1 aliphatic rings. The highest BCUT2D eigenvalue weighted by Gasteiger charge is 2.27. The second-order valence-corrected chi connectivity index (χ2v) is 7.52. The van der Waals surface area contributed by atoms with Gasteiger partial charge in [-0.1, -0.05) is 36.8 Å². The molecule has 0 radical (unpaired) electrons. The number of hydrogen-bond donors (Lipinski definition) is 2. The van der Waals surface area contributed by atoms with Gasteiger partial charge in [0.15, 0.2) is 11.6 Å². The molecule has 2 heterocycles. The number of hydrogen-bond acceptors (Lipinski definition) is 7. The number of H-pyrrole nitrogens is 1. The van der Waals surface area contributed by atoms with Crippen LogP contribution >= 0.6 is 0 Å². The fourth-order valence-electron chi connectivity index (χ4n) is 3.62. The summed E-state index contributed by atoms with van der Waals surface area (Å²) in [6.45, 7) is 0.236. The molecule has 31 heavy (non-hydrogen) atoms. The van der Waals surface area contributed by atoms with E-state index in [-0.39, 0.29) is 18.2 Å². The molecule has 1 saturated carbocycles. The number of nitrogens with two attached hydrogens (primary N) is 1. The first kappa shape index (κ1) is 19.1. The second kappa shape index (κ2) is 8.10. The Morgan fingerprint density at radius 1 is 1.06 bits per heavy atom. The minimum Gasteiger partial charge on any atom is -0.486 e. The molecule has 0 atom stereocenters. The summed E-state index contributed by atoms with van der Waals surface area (Å²) in [4.78, 5) is 8.23. The molecule has 0 unspecified atom stereocenters. The van der Waals surface area contributed by atoms with E-state index in [1.54, 1.807) is 6.07 Å². The molecule has 0 saturated heterocycles. The van der Waals surface area contributed by atoms with Crippen molar-refractivity contribution in [1.82, 2.24) is 30.6 Å². The van der Waals surface area contributed by atoms with Crippen LogP contribution in [0.5, 0.6) is 5.75 Å². The van der Waals surface area contributed by atoms with Crippen LogP contribution in [0.2, 0.25) is 0 Å². The Labute approximate surface area is 177 Å². The Balaban J connectivity index is 1.42. The Bertz CT molecular complexity index is 1170. The number of aromatic nitrogens is 6. The first-order chi connectivity index (χ1) is 15.2. The van der Waals surface area contributed by atoms with Crippen molar-refractivity contribution in [3.63, 3.8) is 0 Å². The average molecular weight is 417 g/mol. The number of halogens is 1. The van der Waals surface area contributed by atoms with Crippen LogP contribution in [0, 0.1) is 5.82 Å². The van der Waals surface area contributed by atoms with E-state index >= 15 is 4.39 Å². The van der Waals surface area contributed by atoms with Gasteiger partial charge in [0.25, 0.3) is 0 Å². The molecular formula is C22H20FN7O. The predicted molar refractivity (Wildman–Crippen MR) is 112 cm³/mol. The first-order valence-corrected chi connectivity index (χ1v) is 10.0. The van der Waals surface area contributed by atoms with Gasteiger partial charge in [0.1, 0.15) is 12.4 Å². The lowest BCUT2D eigenvalue weighted by Crippen LogP contribution is -2.12. The lowest BCUT2D eigenvalue weighted by molar-refractivity contribution is 0.279. The Kier molecular flexibility index (Phi) is 4.99. The third-order valence-electron chi connectivity index (χ3n) is 5.56. The Morgan fingerprint density at radius 3 is 2.55 bits per heavy atom. The van der Waals surface area contributed by atoms with Gasteiger partial charge in [-0.3, -0.25) is 4.98 Å². The van der Waals surface area contributed by atoms with Gasteiger partial charge in [0.2, 0.25) is 5.82 Å². The van der Waals surface area contributed by atoms with E-state index < -0.39 is 5.82 Å². The van der Waals surface area contributed by atoms with E-state index in [9.17, 15) is 0 Å². The normalized spacial score (nSPS) is 13.7. The van der Waals surface area contributed by atoms with Gasteiger partial charge >= 0.3 is 0 Å². The number of ether oxygens (including phenoxy) is 1. The standard InChI is InChI=1S/C22H20FN7O/c23-20-17(18-10-26-19(24)11-25-18)9-8-16(14-2-1-3-14)21(20)31-12-13-4-6-15(7-5-13)22-27-29-30-28-22/h4-11,14H,1-3,12H2,(H2,24,26)(H,27,28,29,30).